The van der Waals surface area contributed by atoms with Crippen molar-refractivity contribution < 1.29 is 9.47 Å². The molecule has 0 radical (unpaired) electrons. The Morgan fingerprint density at radius 3 is 2.44 bits per heavy atom. The van der Waals surface area contributed by atoms with Gasteiger partial charge in [-0.25, -0.2) is 0 Å². The van der Waals surface area contributed by atoms with Gasteiger partial charge in [0.05, 0.1) is 14.2 Å². The first kappa shape index (κ1) is 15.1. The van der Waals surface area contributed by atoms with Gasteiger partial charge in [-0.2, -0.15) is 0 Å². The van der Waals surface area contributed by atoms with Crippen LogP contribution in [0.3, 0.4) is 0 Å². The number of rotatable bonds is 5. The molecule has 0 spiro atoms. The van der Waals surface area contributed by atoms with Gasteiger partial charge in [0.25, 0.3) is 0 Å². The third kappa shape index (κ3) is 3.91. The van der Waals surface area contributed by atoms with Crippen LogP contribution in [-0.4, -0.2) is 27.3 Å². The van der Waals surface area contributed by atoms with Crippen LogP contribution in [0.2, 0.25) is 0 Å². The minimum absolute atomic E-state index is 0. The highest BCUT2D eigenvalue weighted by Gasteiger charge is 2.08. The third-order valence-corrected chi connectivity index (χ3v) is 2.51. The first-order chi connectivity index (χ1) is 7.21. The van der Waals surface area contributed by atoms with Crippen molar-refractivity contribution in [1.82, 2.24) is 5.32 Å². The summed E-state index contributed by atoms with van der Waals surface area (Å²) in [7, 11) is 5.32. The lowest BCUT2D eigenvalue weighted by atomic mass is 10.1. The van der Waals surface area contributed by atoms with Gasteiger partial charge in [-0.05, 0) is 44.2 Å². The van der Waals surface area contributed by atoms with Crippen molar-refractivity contribution in [2.24, 2.45) is 0 Å². The fourth-order valence-corrected chi connectivity index (χ4v) is 1.47. The molecule has 0 aliphatic heterocycles. The first-order valence-corrected chi connectivity index (χ1v) is 5.09. The molecule has 0 saturated carbocycles. The van der Waals surface area contributed by atoms with E-state index in [4.69, 9.17) is 9.47 Å². The molecule has 0 unspecified atom stereocenters. The van der Waals surface area contributed by atoms with Gasteiger partial charge in [0.15, 0.2) is 0 Å². The van der Waals surface area contributed by atoms with E-state index in [-0.39, 0.29) is 12.4 Å². The zero-order valence-electron chi connectivity index (χ0n) is 10.2. The van der Waals surface area contributed by atoms with Crippen LogP contribution in [0.25, 0.3) is 0 Å². The molecule has 0 aliphatic carbocycles. The molecule has 4 heteroatoms. The van der Waals surface area contributed by atoms with Gasteiger partial charge in [-0.1, -0.05) is 0 Å². The van der Waals surface area contributed by atoms with Crippen molar-refractivity contribution in [2.75, 3.05) is 21.3 Å². The molecule has 0 heterocycles. The molecule has 1 rings (SSSR count). The van der Waals surface area contributed by atoms with E-state index < -0.39 is 0 Å². The lowest BCUT2D eigenvalue weighted by Gasteiger charge is -2.14. The van der Waals surface area contributed by atoms with Crippen molar-refractivity contribution >= 4 is 12.4 Å². The second kappa shape index (κ2) is 7.36. The highest BCUT2D eigenvalue weighted by molar-refractivity contribution is 5.85. The predicted molar refractivity (Wildman–Crippen MR) is 69.0 cm³/mol. The van der Waals surface area contributed by atoms with E-state index in [1.807, 2.05) is 25.2 Å². The molecule has 1 atom stereocenters. The first-order valence-electron chi connectivity index (χ1n) is 5.09. The van der Waals surface area contributed by atoms with Gasteiger partial charge in [0.1, 0.15) is 11.5 Å². The highest BCUT2D eigenvalue weighted by Crippen LogP contribution is 2.24. The molecule has 1 N–H and O–H groups in total. The Balaban J connectivity index is 0.00000225. The molecule has 0 saturated heterocycles. The molecule has 0 aromatic heterocycles. The van der Waals surface area contributed by atoms with Gasteiger partial charge in [-0.3, -0.25) is 0 Å². The molecular weight excluding hydrogens is 226 g/mol. The molecule has 92 valence electrons. The Labute approximate surface area is 104 Å². The number of hydrogen-bond donors (Lipinski definition) is 1. The van der Waals surface area contributed by atoms with Crippen LogP contribution in [0, 0.1) is 0 Å². The van der Waals surface area contributed by atoms with Crippen molar-refractivity contribution in [1.29, 1.82) is 0 Å². The van der Waals surface area contributed by atoms with E-state index in [1.165, 1.54) is 5.56 Å². The Morgan fingerprint density at radius 1 is 1.25 bits per heavy atom. The van der Waals surface area contributed by atoms with Crippen LogP contribution in [0.15, 0.2) is 18.2 Å². The van der Waals surface area contributed by atoms with Crippen LogP contribution < -0.4 is 14.8 Å². The monoisotopic (exact) mass is 245 g/mol. The van der Waals surface area contributed by atoms with Crippen molar-refractivity contribution in [3.63, 3.8) is 0 Å². The number of hydrogen-bond acceptors (Lipinski definition) is 3. The Kier molecular flexibility index (Phi) is 6.93. The van der Waals surface area contributed by atoms with E-state index in [0.717, 1.165) is 17.9 Å². The summed E-state index contributed by atoms with van der Waals surface area (Å²) in [6, 6.07) is 6.29. The minimum Gasteiger partial charge on any atom is -0.497 e. The van der Waals surface area contributed by atoms with E-state index in [9.17, 15) is 0 Å². The van der Waals surface area contributed by atoms with Crippen molar-refractivity contribution in [2.45, 2.75) is 19.4 Å². The summed E-state index contributed by atoms with van der Waals surface area (Å²) in [5, 5.41) is 3.21. The number of nitrogens with one attached hydrogen (secondary N) is 1. The summed E-state index contributed by atoms with van der Waals surface area (Å²) in [4.78, 5) is 0. The topological polar surface area (TPSA) is 30.5 Å². The number of methoxy groups -OCH3 is 2. The number of benzene rings is 1. The maximum absolute atomic E-state index is 5.31. The van der Waals surface area contributed by atoms with E-state index in [2.05, 4.69) is 12.2 Å². The van der Waals surface area contributed by atoms with Crippen LogP contribution in [0.5, 0.6) is 11.5 Å². The third-order valence-electron chi connectivity index (χ3n) is 2.51. The second-order valence-electron chi connectivity index (χ2n) is 3.57. The Morgan fingerprint density at radius 2 is 1.94 bits per heavy atom. The molecule has 1 aromatic carbocycles. The largest absolute Gasteiger partial charge is 0.497 e. The average molecular weight is 246 g/mol. The fraction of sp³-hybridized carbons (Fsp3) is 0.500. The van der Waals surface area contributed by atoms with Crippen molar-refractivity contribution in [3.05, 3.63) is 23.8 Å². The van der Waals surface area contributed by atoms with Crippen molar-refractivity contribution in [3.8, 4) is 11.5 Å². The summed E-state index contributed by atoms with van der Waals surface area (Å²) >= 11 is 0. The van der Waals surface area contributed by atoms with E-state index in [1.54, 1.807) is 14.2 Å². The molecule has 16 heavy (non-hydrogen) atoms. The Hall–Kier alpha value is -0.930. The maximum atomic E-state index is 5.31. The van der Waals surface area contributed by atoms with Gasteiger partial charge < -0.3 is 14.8 Å². The number of halogens is 1. The fourth-order valence-electron chi connectivity index (χ4n) is 1.47. The molecular formula is C12H20ClNO2. The zero-order chi connectivity index (χ0) is 11.3. The molecule has 0 amide bonds. The summed E-state index contributed by atoms with van der Waals surface area (Å²) in [6.07, 6.45) is 0.927. The van der Waals surface area contributed by atoms with Gasteiger partial charge in [0.2, 0.25) is 0 Å². The highest BCUT2D eigenvalue weighted by atomic mass is 35.5. The van der Waals surface area contributed by atoms with Crippen LogP contribution in [-0.2, 0) is 6.42 Å². The van der Waals surface area contributed by atoms with Gasteiger partial charge in [0, 0.05) is 6.04 Å². The van der Waals surface area contributed by atoms with E-state index >= 15 is 0 Å². The Bertz CT molecular complexity index is 318. The zero-order valence-corrected chi connectivity index (χ0v) is 11.1. The van der Waals surface area contributed by atoms with Crippen LogP contribution in [0.4, 0.5) is 0 Å². The minimum atomic E-state index is 0. The lowest BCUT2D eigenvalue weighted by Crippen LogP contribution is -2.23. The predicted octanol–water partition coefficient (Wildman–Crippen LogP) is 2.28. The summed E-state index contributed by atoms with van der Waals surface area (Å²) in [5.41, 5.74) is 1.17. The molecule has 0 fully saturated rings. The number of likely N-dealkylation sites (N-methyl/N-ethyl adjacent to an activating group) is 1. The summed E-state index contributed by atoms with van der Waals surface area (Å²) in [5.74, 6) is 1.78. The molecule has 0 bridgehead atoms. The summed E-state index contributed by atoms with van der Waals surface area (Å²) in [6.45, 7) is 2.14. The maximum Gasteiger partial charge on any atom is 0.122 e. The smallest absolute Gasteiger partial charge is 0.122 e. The van der Waals surface area contributed by atoms with Gasteiger partial charge >= 0.3 is 0 Å². The average Bonchev–Trinajstić information content (AvgIpc) is 2.28. The normalized spacial score (nSPS) is 11.5. The number of ether oxygens (including phenoxy) is 2. The molecule has 1 aromatic rings. The molecule has 0 aliphatic rings. The second-order valence-corrected chi connectivity index (χ2v) is 3.57. The van der Waals surface area contributed by atoms with Crippen LogP contribution in [0.1, 0.15) is 12.5 Å². The standard InChI is InChI=1S/C12H19NO2.ClH/c1-9(13-2)7-10-8-11(14-3)5-6-12(10)15-4;/h5-6,8-9,13H,7H2,1-4H3;1H/t9-;/m0./s1. The SMILES string of the molecule is CN[C@@H](C)Cc1cc(OC)ccc1OC.Cl. The molecule has 3 nitrogen and oxygen atoms in total. The summed E-state index contributed by atoms with van der Waals surface area (Å²) < 4.78 is 10.5. The van der Waals surface area contributed by atoms with Crippen LogP contribution >= 0.6 is 12.4 Å². The lowest BCUT2D eigenvalue weighted by molar-refractivity contribution is 0.396. The quantitative estimate of drug-likeness (QED) is 0.864. The van der Waals surface area contributed by atoms with E-state index in [0.29, 0.717) is 6.04 Å². The van der Waals surface area contributed by atoms with Gasteiger partial charge in [-0.15, -0.1) is 12.4 Å².